The summed E-state index contributed by atoms with van der Waals surface area (Å²) in [5.41, 5.74) is 0. The molecule has 21 heavy (non-hydrogen) atoms. The van der Waals surface area contributed by atoms with Crippen LogP contribution < -0.4 is 14.8 Å². The maximum Gasteiger partial charge on any atom is 0.240 e. The Kier molecular flexibility index (Phi) is 6.40. The van der Waals surface area contributed by atoms with Crippen molar-refractivity contribution in [2.24, 2.45) is 5.92 Å². The van der Waals surface area contributed by atoms with Crippen molar-refractivity contribution in [1.82, 2.24) is 10.0 Å². The lowest BCUT2D eigenvalue weighted by atomic mass is 9.97. The van der Waals surface area contributed by atoms with Crippen LogP contribution in [0.1, 0.15) is 13.3 Å². The van der Waals surface area contributed by atoms with Crippen molar-refractivity contribution in [3.63, 3.8) is 0 Å². The summed E-state index contributed by atoms with van der Waals surface area (Å²) in [4.78, 5) is 0.0153. The molecular formula is C13H20ClFN2O3S. The van der Waals surface area contributed by atoms with Crippen LogP contribution in [0.25, 0.3) is 0 Å². The van der Waals surface area contributed by atoms with E-state index >= 15 is 0 Å². The number of halogens is 2. The van der Waals surface area contributed by atoms with Crippen LogP contribution in [0.3, 0.4) is 0 Å². The molecule has 0 aromatic heterocycles. The van der Waals surface area contributed by atoms with E-state index in [2.05, 4.69) is 10.0 Å². The third-order valence-corrected chi connectivity index (χ3v) is 5.01. The fraction of sp³-hybridized carbons (Fsp3) is 0.538. The fourth-order valence-corrected chi connectivity index (χ4v) is 3.66. The molecule has 0 spiro atoms. The van der Waals surface area contributed by atoms with E-state index in [0.29, 0.717) is 0 Å². The zero-order valence-corrected chi connectivity index (χ0v) is 13.6. The molecule has 1 aliphatic rings. The molecule has 2 rings (SSSR count). The number of benzene rings is 1. The summed E-state index contributed by atoms with van der Waals surface area (Å²) in [6.07, 6.45) is 0.735. The molecule has 8 heteroatoms. The first kappa shape index (κ1) is 18.2. The Morgan fingerprint density at radius 1 is 1.43 bits per heavy atom. The molecule has 1 saturated heterocycles. The second-order valence-corrected chi connectivity index (χ2v) is 6.71. The molecule has 1 aromatic carbocycles. The molecule has 2 N–H and O–H groups in total. The second kappa shape index (κ2) is 7.40. The van der Waals surface area contributed by atoms with Gasteiger partial charge in [-0.2, -0.15) is 0 Å². The average Bonchev–Trinajstić information content (AvgIpc) is 2.41. The van der Waals surface area contributed by atoms with Crippen LogP contribution in [0, 0.1) is 11.7 Å². The van der Waals surface area contributed by atoms with Crippen LogP contribution in [0.2, 0.25) is 0 Å². The van der Waals surface area contributed by atoms with Crippen molar-refractivity contribution in [3.05, 3.63) is 24.0 Å². The Balaban J connectivity index is 0.00000220. The molecular weight excluding hydrogens is 319 g/mol. The third-order valence-electron chi connectivity index (χ3n) is 3.52. The van der Waals surface area contributed by atoms with Gasteiger partial charge in [-0.1, -0.05) is 6.92 Å². The Bertz CT molecular complexity index is 583. The molecule has 2 unspecified atom stereocenters. The minimum absolute atomic E-state index is 0. The summed E-state index contributed by atoms with van der Waals surface area (Å²) < 4.78 is 45.5. The summed E-state index contributed by atoms with van der Waals surface area (Å²) in [5, 5.41) is 3.21. The molecule has 0 saturated carbocycles. The first-order chi connectivity index (χ1) is 9.44. The zero-order chi connectivity index (χ0) is 14.8. The summed E-state index contributed by atoms with van der Waals surface area (Å²) in [6, 6.07) is 3.42. The lowest BCUT2D eigenvalue weighted by Gasteiger charge is -2.29. The van der Waals surface area contributed by atoms with Crippen molar-refractivity contribution in [1.29, 1.82) is 0 Å². The number of methoxy groups -OCH3 is 1. The largest absolute Gasteiger partial charge is 0.494 e. The second-order valence-electron chi connectivity index (χ2n) is 4.99. The topological polar surface area (TPSA) is 67.4 Å². The Labute approximate surface area is 130 Å². The highest BCUT2D eigenvalue weighted by atomic mass is 35.5. The summed E-state index contributed by atoms with van der Waals surface area (Å²) in [7, 11) is -2.36. The average molecular weight is 339 g/mol. The first-order valence-electron chi connectivity index (χ1n) is 6.50. The van der Waals surface area contributed by atoms with E-state index in [0.717, 1.165) is 25.6 Å². The van der Waals surface area contributed by atoms with E-state index in [4.69, 9.17) is 4.74 Å². The van der Waals surface area contributed by atoms with Gasteiger partial charge in [0.15, 0.2) is 11.6 Å². The molecule has 1 heterocycles. The van der Waals surface area contributed by atoms with Gasteiger partial charge in [-0.05, 0) is 37.6 Å². The van der Waals surface area contributed by atoms with Crippen molar-refractivity contribution in [2.45, 2.75) is 24.3 Å². The van der Waals surface area contributed by atoms with Gasteiger partial charge >= 0.3 is 0 Å². The predicted octanol–water partition coefficient (Wildman–Crippen LogP) is 1.53. The number of hydrogen-bond donors (Lipinski definition) is 2. The van der Waals surface area contributed by atoms with Gasteiger partial charge in [-0.25, -0.2) is 17.5 Å². The van der Waals surface area contributed by atoms with Gasteiger partial charge in [0.1, 0.15) is 0 Å². The van der Waals surface area contributed by atoms with Gasteiger partial charge in [0.25, 0.3) is 0 Å². The minimum atomic E-state index is -3.67. The zero-order valence-electron chi connectivity index (χ0n) is 11.9. The Morgan fingerprint density at radius 2 is 2.14 bits per heavy atom. The van der Waals surface area contributed by atoms with Crippen molar-refractivity contribution >= 4 is 22.4 Å². The van der Waals surface area contributed by atoms with E-state index < -0.39 is 15.8 Å². The van der Waals surface area contributed by atoms with Crippen LogP contribution in [0.4, 0.5) is 4.39 Å². The minimum Gasteiger partial charge on any atom is -0.494 e. The van der Waals surface area contributed by atoms with Crippen LogP contribution in [-0.4, -0.2) is 34.7 Å². The molecule has 0 bridgehead atoms. The van der Waals surface area contributed by atoms with E-state index in [-0.39, 0.29) is 35.0 Å². The van der Waals surface area contributed by atoms with Crippen LogP contribution in [-0.2, 0) is 10.0 Å². The predicted molar refractivity (Wildman–Crippen MR) is 81.0 cm³/mol. The fourth-order valence-electron chi connectivity index (χ4n) is 2.26. The lowest BCUT2D eigenvalue weighted by molar-refractivity contribution is 0.328. The molecule has 1 fully saturated rings. The van der Waals surface area contributed by atoms with Crippen molar-refractivity contribution in [3.8, 4) is 5.75 Å². The van der Waals surface area contributed by atoms with Gasteiger partial charge < -0.3 is 10.1 Å². The summed E-state index contributed by atoms with van der Waals surface area (Å²) in [5.74, 6) is -0.450. The molecule has 1 aromatic rings. The first-order valence-corrected chi connectivity index (χ1v) is 7.99. The van der Waals surface area contributed by atoms with Crippen LogP contribution >= 0.6 is 12.4 Å². The van der Waals surface area contributed by atoms with E-state index in [1.54, 1.807) is 0 Å². The van der Waals surface area contributed by atoms with E-state index in [1.807, 2.05) is 6.92 Å². The normalized spacial score (nSPS) is 22.4. The lowest BCUT2D eigenvalue weighted by Crippen LogP contribution is -2.48. The van der Waals surface area contributed by atoms with Gasteiger partial charge in [0, 0.05) is 12.1 Å². The van der Waals surface area contributed by atoms with Crippen LogP contribution in [0.5, 0.6) is 5.75 Å². The van der Waals surface area contributed by atoms with Gasteiger partial charge in [-0.3, -0.25) is 0 Å². The monoisotopic (exact) mass is 338 g/mol. The number of nitrogens with one attached hydrogen (secondary N) is 2. The number of hydrogen-bond acceptors (Lipinski definition) is 4. The highest BCUT2D eigenvalue weighted by Crippen LogP contribution is 2.22. The molecule has 0 radical (unpaired) electrons. The van der Waals surface area contributed by atoms with Crippen molar-refractivity contribution in [2.75, 3.05) is 20.2 Å². The molecule has 0 aliphatic carbocycles. The van der Waals surface area contributed by atoms with E-state index in [9.17, 15) is 12.8 Å². The molecule has 1 aliphatic heterocycles. The SMILES string of the molecule is COc1cc(S(=O)(=O)NC2CCNCC2C)ccc1F.Cl. The number of ether oxygens (including phenoxy) is 1. The number of rotatable bonds is 4. The molecule has 5 nitrogen and oxygen atoms in total. The highest BCUT2D eigenvalue weighted by Gasteiger charge is 2.27. The maximum atomic E-state index is 13.3. The van der Waals surface area contributed by atoms with E-state index in [1.165, 1.54) is 19.2 Å². The van der Waals surface area contributed by atoms with Crippen LogP contribution in [0.15, 0.2) is 23.1 Å². The standard InChI is InChI=1S/C13H19FN2O3S.ClH/c1-9-8-15-6-5-12(9)16-20(17,18)10-3-4-11(14)13(7-10)19-2;/h3-4,7,9,12,15-16H,5-6,8H2,1-2H3;1H. The van der Waals surface area contributed by atoms with Gasteiger partial charge in [0.2, 0.25) is 10.0 Å². The number of piperidine rings is 1. The highest BCUT2D eigenvalue weighted by molar-refractivity contribution is 7.89. The van der Waals surface area contributed by atoms with Gasteiger partial charge in [0.05, 0.1) is 12.0 Å². The smallest absolute Gasteiger partial charge is 0.240 e. The maximum absolute atomic E-state index is 13.3. The number of sulfonamides is 1. The molecule has 120 valence electrons. The third kappa shape index (κ3) is 4.29. The summed E-state index contributed by atoms with van der Waals surface area (Å²) >= 11 is 0. The summed E-state index contributed by atoms with van der Waals surface area (Å²) in [6.45, 7) is 3.55. The quantitative estimate of drug-likeness (QED) is 0.873. The Morgan fingerprint density at radius 3 is 2.76 bits per heavy atom. The Hall–Kier alpha value is -0.890. The molecule has 2 atom stereocenters. The molecule has 0 amide bonds. The van der Waals surface area contributed by atoms with Crippen molar-refractivity contribution < 1.29 is 17.5 Å². The van der Waals surface area contributed by atoms with Gasteiger partial charge in [-0.15, -0.1) is 12.4 Å².